The summed E-state index contributed by atoms with van der Waals surface area (Å²) in [6, 6.07) is 0. The van der Waals surface area contributed by atoms with Crippen LogP contribution in [-0.4, -0.2) is 11.0 Å². The first-order valence-electron chi connectivity index (χ1n) is 0. The molecule has 0 atom stereocenters. The normalized spacial score (nSPS) is 0. The van der Waals surface area contributed by atoms with Gasteiger partial charge in [0.25, 0.3) is 0 Å². The predicted octanol–water partition coefficient (Wildman–Crippen LogP) is -3.90. The Morgan fingerprint density at radius 3 is 1.00 bits per heavy atom. The molecule has 0 aliphatic carbocycles. The first-order chi connectivity index (χ1) is 0. The molecule has 0 fully saturated rings. The summed E-state index contributed by atoms with van der Waals surface area (Å²) in [4.78, 5) is 0. The van der Waals surface area contributed by atoms with E-state index in [4.69, 9.17) is 0 Å². The molecule has 0 aliphatic rings. The first-order valence-corrected chi connectivity index (χ1v) is 0. The van der Waals surface area contributed by atoms with Gasteiger partial charge in [-0.25, -0.2) is 0 Å². The van der Waals surface area contributed by atoms with Crippen LogP contribution >= 0.6 is 0 Å². The van der Waals surface area contributed by atoms with Gasteiger partial charge in [-0.3, -0.25) is 0 Å². The van der Waals surface area contributed by atoms with E-state index in [0.717, 1.165) is 0 Å². The quantitative estimate of drug-likeness (QED) is 0.274. The zero-order chi connectivity index (χ0) is 0. The van der Waals surface area contributed by atoms with Crippen molar-refractivity contribution in [3.63, 3.8) is 0 Å². The van der Waals surface area contributed by atoms with E-state index in [0.29, 0.717) is 0 Å². The van der Waals surface area contributed by atoms with E-state index in [2.05, 4.69) is 0 Å². The Morgan fingerprint density at radius 1 is 1.00 bits per heavy atom. The fourth-order valence-corrected chi connectivity index (χ4v) is 0. The molecule has 0 radical (unpaired) electrons. The minimum absolute atomic E-state index is 0. The zero-order valence-electron chi connectivity index (χ0n) is 3.00. The van der Waals surface area contributed by atoms with Crippen LogP contribution in [0.4, 0.5) is 0 Å². The Morgan fingerprint density at radius 2 is 1.00 bits per heavy atom. The maximum Gasteiger partial charge on any atom is 1.00 e. The van der Waals surface area contributed by atoms with Crippen LogP contribution in [-0.2, 0) is 0 Å². The molecule has 4 N–H and O–H groups in total. The van der Waals surface area contributed by atoms with Gasteiger partial charge in [0.2, 0.25) is 0 Å². The molecule has 0 unspecified atom stereocenters. The van der Waals surface area contributed by atoms with Crippen LogP contribution in [0.2, 0.25) is 0 Å². The van der Waals surface area contributed by atoms with Crippen LogP contribution in [0.3, 0.4) is 0 Å². The van der Waals surface area contributed by atoms with E-state index < -0.39 is 0 Å². The summed E-state index contributed by atoms with van der Waals surface area (Å²) in [5, 5.41) is 0. The van der Waals surface area contributed by atoms with Crippen LogP contribution in [0.1, 0.15) is 8.85 Å². The first kappa shape index (κ1) is 47.6. The molecule has 4 heavy (non-hydrogen) atoms. The monoisotopic (exact) mass is 92.0 g/mol. The molecular formula is CH9KO2. The zero-order valence-corrected chi connectivity index (χ0v) is 5.12. The molecule has 3 heteroatoms. The van der Waals surface area contributed by atoms with Crippen molar-refractivity contribution in [1.82, 2.24) is 0 Å². The van der Waals surface area contributed by atoms with Crippen LogP contribution in [0.5, 0.6) is 0 Å². The summed E-state index contributed by atoms with van der Waals surface area (Å²) in [5.74, 6) is 0. The minimum atomic E-state index is 0. The second-order valence-corrected chi connectivity index (χ2v) is 0. The summed E-state index contributed by atoms with van der Waals surface area (Å²) in [5.41, 5.74) is 0. The smallest absolute Gasteiger partial charge is 1.00 e. The summed E-state index contributed by atoms with van der Waals surface area (Å²) >= 11 is 0. The number of rotatable bonds is 0. The Hall–Kier alpha value is 1.56. The van der Waals surface area contributed by atoms with Crippen LogP contribution < -0.4 is 51.4 Å². The molecule has 0 amide bonds. The SMILES string of the molecule is C.O.O.[H-].[K+]. The molecule has 0 aromatic heterocycles. The van der Waals surface area contributed by atoms with Gasteiger partial charge in [-0.2, -0.15) is 0 Å². The van der Waals surface area contributed by atoms with Crippen LogP contribution in [0, 0.1) is 0 Å². The Labute approximate surface area is 70.1 Å². The molecular weight excluding hydrogens is 83.1 g/mol. The summed E-state index contributed by atoms with van der Waals surface area (Å²) in [6.07, 6.45) is 0. The molecule has 0 saturated heterocycles. The minimum Gasteiger partial charge on any atom is -1.00 e. The topological polar surface area (TPSA) is 63.0 Å². The molecule has 0 aromatic carbocycles. The Balaban J connectivity index is 0. The fourth-order valence-electron chi connectivity index (χ4n) is 0. The molecule has 0 aliphatic heterocycles. The molecule has 2 nitrogen and oxygen atoms in total. The Bertz CT molecular complexity index is 9.61. The molecule has 0 heterocycles. The fraction of sp³-hybridized carbons (Fsp3) is 1.00. The van der Waals surface area contributed by atoms with E-state index >= 15 is 0 Å². The van der Waals surface area contributed by atoms with Gasteiger partial charge in [0, 0.05) is 0 Å². The van der Waals surface area contributed by atoms with E-state index in [1.54, 1.807) is 0 Å². The predicted molar refractivity (Wildman–Crippen MR) is 15.1 cm³/mol. The van der Waals surface area contributed by atoms with Gasteiger partial charge >= 0.3 is 51.4 Å². The number of hydrogen-bond acceptors (Lipinski definition) is 0. The van der Waals surface area contributed by atoms with Crippen molar-refractivity contribution in [2.75, 3.05) is 0 Å². The van der Waals surface area contributed by atoms with Crippen molar-refractivity contribution < 1.29 is 63.8 Å². The van der Waals surface area contributed by atoms with Crippen LogP contribution in [0.25, 0.3) is 0 Å². The molecule has 26 valence electrons. The standard InChI is InChI=1S/CH4.K.2H2O.H/h1H4;;2*1H2;/q;+1;;;-1. The van der Waals surface area contributed by atoms with Gasteiger partial charge in [0.05, 0.1) is 0 Å². The van der Waals surface area contributed by atoms with Crippen molar-refractivity contribution in [3.05, 3.63) is 0 Å². The molecule has 0 rings (SSSR count). The van der Waals surface area contributed by atoms with E-state index in [1.807, 2.05) is 0 Å². The van der Waals surface area contributed by atoms with Gasteiger partial charge in [-0.15, -0.1) is 0 Å². The molecule has 0 spiro atoms. The summed E-state index contributed by atoms with van der Waals surface area (Å²) < 4.78 is 0. The largest absolute Gasteiger partial charge is 1.00 e. The van der Waals surface area contributed by atoms with E-state index in [-0.39, 0.29) is 71.2 Å². The molecule has 0 aromatic rings. The van der Waals surface area contributed by atoms with Crippen molar-refractivity contribution in [2.24, 2.45) is 0 Å². The molecule has 0 saturated carbocycles. The van der Waals surface area contributed by atoms with Crippen molar-refractivity contribution in [3.8, 4) is 0 Å². The van der Waals surface area contributed by atoms with Crippen molar-refractivity contribution in [1.29, 1.82) is 0 Å². The van der Waals surface area contributed by atoms with Gasteiger partial charge in [-0.05, 0) is 0 Å². The maximum atomic E-state index is 0. The second-order valence-electron chi connectivity index (χ2n) is 0. The van der Waals surface area contributed by atoms with Crippen molar-refractivity contribution in [2.45, 2.75) is 7.43 Å². The average molecular weight is 92.2 g/mol. The van der Waals surface area contributed by atoms with E-state index in [9.17, 15) is 0 Å². The van der Waals surface area contributed by atoms with Gasteiger partial charge in [-0.1, -0.05) is 7.43 Å². The Kier molecular flexibility index (Phi) is 283. The van der Waals surface area contributed by atoms with Gasteiger partial charge < -0.3 is 12.4 Å². The van der Waals surface area contributed by atoms with Gasteiger partial charge in [0.1, 0.15) is 0 Å². The third-order valence-electron chi connectivity index (χ3n) is 0. The molecule has 0 bridgehead atoms. The van der Waals surface area contributed by atoms with Gasteiger partial charge in [0.15, 0.2) is 0 Å². The summed E-state index contributed by atoms with van der Waals surface area (Å²) in [6.45, 7) is 0. The second kappa shape index (κ2) is 23.8. The van der Waals surface area contributed by atoms with E-state index in [1.165, 1.54) is 0 Å². The maximum absolute atomic E-state index is 0. The summed E-state index contributed by atoms with van der Waals surface area (Å²) in [7, 11) is 0. The van der Waals surface area contributed by atoms with Crippen molar-refractivity contribution >= 4 is 0 Å². The average Bonchev–Trinajstić information content (AvgIpc) is 0. The third kappa shape index (κ3) is 9.59. The van der Waals surface area contributed by atoms with Crippen LogP contribution in [0.15, 0.2) is 0 Å². The third-order valence-corrected chi connectivity index (χ3v) is 0. The number of hydrogen-bond donors (Lipinski definition) is 0.